The third-order valence-electron chi connectivity index (χ3n) is 3.13. The molecule has 0 radical (unpaired) electrons. The summed E-state index contributed by atoms with van der Waals surface area (Å²) in [6, 6.07) is 2.27. The van der Waals surface area contributed by atoms with Crippen molar-refractivity contribution < 1.29 is 27.9 Å². The molecule has 114 valence electrons. The van der Waals surface area contributed by atoms with Crippen LogP contribution in [0.1, 0.15) is 22.3 Å². The number of hydrogen-bond acceptors (Lipinski definition) is 3. The SMILES string of the molecule is O=C(CC1CNC1)Nc1cc(C(=O)O)cc(C(F)(F)F)c1. The fourth-order valence-corrected chi connectivity index (χ4v) is 1.95. The van der Waals surface area contributed by atoms with Gasteiger partial charge in [0.2, 0.25) is 5.91 Å². The van der Waals surface area contributed by atoms with E-state index in [-0.39, 0.29) is 18.0 Å². The highest BCUT2D eigenvalue weighted by molar-refractivity contribution is 5.94. The summed E-state index contributed by atoms with van der Waals surface area (Å²) in [5.41, 5.74) is -1.80. The maximum absolute atomic E-state index is 12.7. The van der Waals surface area contributed by atoms with Gasteiger partial charge in [-0.1, -0.05) is 0 Å². The second-order valence-corrected chi connectivity index (χ2v) is 4.88. The lowest BCUT2D eigenvalue weighted by Crippen LogP contribution is -2.43. The van der Waals surface area contributed by atoms with E-state index < -0.39 is 29.2 Å². The highest BCUT2D eigenvalue weighted by Crippen LogP contribution is 2.32. The molecule has 21 heavy (non-hydrogen) atoms. The minimum absolute atomic E-state index is 0.162. The van der Waals surface area contributed by atoms with Crippen LogP contribution in [0.15, 0.2) is 18.2 Å². The van der Waals surface area contributed by atoms with Gasteiger partial charge >= 0.3 is 12.1 Å². The Hall–Kier alpha value is -2.09. The Kier molecular flexibility index (Phi) is 4.17. The Bertz CT molecular complexity index is 568. The van der Waals surface area contributed by atoms with E-state index in [9.17, 15) is 22.8 Å². The molecule has 0 unspecified atom stereocenters. The van der Waals surface area contributed by atoms with Crippen molar-refractivity contribution in [1.82, 2.24) is 5.32 Å². The van der Waals surface area contributed by atoms with Crippen LogP contribution in [-0.2, 0) is 11.0 Å². The van der Waals surface area contributed by atoms with Crippen LogP contribution in [0.3, 0.4) is 0 Å². The van der Waals surface area contributed by atoms with Gasteiger partial charge in [-0.25, -0.2) is 4.79 Å². The van der Waals surface area contributed by atoms with Gasteiger partial charge in [-0.15, -0.1) is 0 Å². The zero-order valence-electron chi connectivity index (χ0n) is 10.8. The number of carboxylic acid groups (broad SMARTS) is 1. The summed E-state index contributed by atoms with van der Waals surface area (Å²) in [7, 11) is 0. The summed E-state index contributed by atoms with van der Waals surface area (Å²) in [4.78, 5) is 22.6. The summed E-state index contributed by atoms with van der Waals surface area (Å²) in [6.07, 6.45) is -4.49. The van der Waals surface area contributed by atoms with Crippen molar-refractivity contribution in [3.63, 3.8) is 0 Å². The average Bonchev–Trinajstić information content (AvgIpc) is 2.32. The summed E-state index contributed by atoms with van der Waals surface area (Å²) in [5, 5.41) is 14.1. The predicted molar refractivity (Wildman–Crippen MR) is 68.0 cm³/mol. The fourth-order valence-electron chi connectivity index (χ4n) is 1.95. The van der Waals surface area contributed by atoms with E-state index in [2.05, 4.69) is 10.6 Å². The number of carboxylic acids is 1. The molecule has 0 bridgehead atoms. The van der Waals surface area contributed by atoms with Gasteiger partial charge in [-0.2, -0.15) is 13.2 Å². The summed E-state index contributed by atoms with van der Waals surface area (Å²) >= 11 is 0. The molecule has 5 nitrogen and oxygen atoms in total. The Morgan fingerprint density at radius 2 is 1.95 bits per heavy atom. The number of aromatic carboxylic acids is 1. The zero-order valence-corrected chi connectivity index (χ0v) is 10.8. The van der Waals surface area contributed by atoms with Gasteiger partial charge in [0, 0.05) is 12.1 Å². The van der Waals surface area contributed by atoms with Crippen molar-refractivity contribution in [2.24, 2.45) is 5.92 Å². The van der Waals surface area contributed by atoms with Crippen LogP contribution >= 0.6 is 0 Å². The predicted octanol–water partition coefficient (Wildman–Crippen LogP) is 1.95. The Balaban J connectivity index is 2.19. The lowest BCUT2D eigenvalue weighted by Gasteiger charge is -2.26. The summed E-state index contributed by atoms with van der Waals surface area (Å²) < 4.78 is 38.1. The van der Waals surface area contributed by atoms with Crippen molar-refractivity contribution in [3.8, 4) is 0 Å². The number of anilines is 1. The Morgan fingerprint density at radius 3 is 2.43 bits per heavy atom. The molecule has 1 amide bonds. The topological polar surface area (TPSA) is 78.4 Å². The molecule has 0 aromatic heterocycles. The van der Waals surface area contributed by atoms with Gasteiger partial charge in [0.15, 0.2) is 0 Å². The number of rotatable bonds is 4. The van der Waals surface area contributed by atoms with E-state index in [1.54, 1.807) is 0 Å². The normalized spacial score (nSPS) is 15.4. The van der Waals surface area contributed by atoms with Crippen LogP contribution in [-0.4, -0.2) is 30.1 Å². The van der Waals surface area contributed by atoms with Gasteiger partial charge in [0.05, 0.1) is 11.1 Å². The van der Waals surface area contributed by atoms with Crippen LogP contribution in [0.25, 0.3) is 0 Å². The molecule has 0 aliphatic carbocycles. The standard InChI is InChI=1S/C13H13F3N2O3/c14-13(15,16)9-2-8(12(20)21)3-10(4-9)18-11(19)1-7-5-17-6-7/h2-4,7,17H,1,5-6H2,(H,18,19)(H,20,21). The highest BCUT2D eigenvalue weighted by atomic mass is 19.4. The third kappa shape index (κ3) is 3.94. The van der Waals surface area contributed by atoms with Crippen molar-refractivity contribution in [3.05, 3.63) is 29.3 Å². The molecule has 2 rings (SSSR count). The molecular formula is C13H13F3N2O3. The molecule has 1 saturated heterocycles. The molecule has 0 spiro atoms. The van der Waals surface area contributed by atoms with Crippen LogP contribution in [0.4, 0.5) is 18.9 Å². The summed E-state index contributed by atoms with van der Waals surface area (Å²) in [5.74, 6) is -1.76. The monoisotopic (exact) mass is 302 g/mol. The number of carbonyl (C=O) groups is 2. The maximum atomic E-state index is 12.7. The first-order valence-electron chi connectivity index (χ1n) is 6.22. The second kappa shape index (κ2) is 5.72. The number of benzene rings is 1. The quantitative estimate of drug-likeness (QED) is 0.794. The van der Waals surface area contributed by atoms with Crippen molar-refractivity contribution in [2.45, 2.75) is 12.6 Å². The van der Waals surface area contributed by atoms with Crippen LogP contribution < -0.4 is 10.6 Å². The van der Waals surface area contributed by atoms with E-state index in [1.165, 1.54) is 0 Å². The first-order valence-corrected chi connectivity index (χ1v) is 6.22. The fraction of sp³-hybridized carbons (Fsp3) is 0.385. The molecule has 1 aliphatic rings. The molecule has 1 heterocycles. The van der Waals surface area contributed by atoms with E-state index >= 15 is 0 Å². The van der Waals surface area contributed by atoms with Crippen LogP contribution in [0.2, 0.25) is 0 Å². The van der Waals surface area contributed by atoms with E-state index in [1.807, 2.05) is 0 Å². The Morgan fingerprint density at radius 1 is 1.29 bits per heavy atom. The lowest BCUT2D eigenvalue weighted by molar-refractivity contribution is -0.137. The minimum atomic E-state index is -4.68. The van der Waals surface area contributed by atoms with Gasteiger partial charge in [-0.05, 0) is 37.2 Å². The zero-order chi connectivity index (χ0) is 15.6. The largest absolute Gasteiger partial charge is 0.478 e. The van der Waals surface area contributed by atoms with Gasteiger partial charge in [0.25, 0.3) is 0 Å². The molecule has 0 saturated carbocycles. The van der Waals surface area contributed by atoms with Crippen molar-refractivity contribution in [1.29, 1.82) is 0 Å². The minimum Gasteiger partial charge on any atom is -0.478 e. The van der Waals surface area contributed by atoms with Crippen LogP contribution in [0, 0.1) is 5.92 Å². The smallest absolute Gasteiger partial charge is 0.416 e. The molecule has 1 aromatic carbocycles. The average molecular weight is 302 g/mol. The second-order valence-electron chi connectivity index (χ2n) is 4.88. The lowest BCUT2D eigenvalue weighted by atomic mass is 9.99. The van der Waals surface area contributed by atoms with Gasteiger partial charge in [0.1, 0.15) is 0 Å². The third-order valence-corrected chi connectivity index (χ3v) is 3.13. The number of halogens is 3. The number of hydrogen-bond donors (Lipinski definition) is 3. The number of amides is 1. The molecule has 1 aliphatic heterocycles. The van der Waals surface area contributed by atoms with Gasteiger partial charge in [-0.3, -0.25) is 4.79 Å². The summed E-state index contributed by atoms with van der Waals surface area (Å²) in [6.45, 7) is 1.38. The number of carbonyl (C=O) groups excluding carboxylic acids is 1. The van der Waals surface area contributed by atoms with Crippen molar-refractivity contribution in [2.75, 3.05) is 18.4 Å². The van der Waals surface area contributed by atoms with Crippen molar-refractivity contribution >= 4 is 17.6 Å². The van der Waals surface area contributed by atoms with Gasteiger partial charge < -0.3 is 15.7 Å². The first kappa shape index (κ1) is 15.3. The molecular weight excluding hydrogens is 289 g/mol. The molecule has 1 fully saturated rings. The first-order chi connectivity index (χ1) is 9.75. The molecule has 8 heteroatoms. The molecule has 0 atom stereocenters. The highest BCUT2D eigenvalue weighted by Gasteiger charge is 2.32. The van der Waals surface area contributed by atoms with E-state index in [0.29, 0.717) is 19.2 Å². The van der Waals surface area contributed by atoms with E-state index in [4.69, 9.17) is 5.11 Å². The maximum Gasteiger partial charge on any atom is 0.416 e. The van der Waals surface area contributed by atoms with E-state index in [0.717, 1.165) is 12.1 Å². The Labute approximate surface area is 118 Å². The molecule has 3 N–H and O–H groups in total. The number of nitrogens with one attached hydrogen (secondary N) is 2. The molecule has 1 aromatic rings. The van der Waals surface area contributed by atoms with Crippen LogP contribution in [0.5, 0.6) is 0 Å². The number of alkyl halides is 3.